The van der Waals surface area contributed by atoms with Crippen LogP contribution < -0.4 is 9.50 Å². The zero-order valence-corrected chi connectivity index (χ0v) is 9.32. The number of nitrogens with one attached hydrogen (secondary N) is 1. The molecule has 5 heteroatoms. The fourth-order valence-electron chi connectivity index (χ4n) is 1.31. The summed E-state index contributed by atoms with van der Waals surface area (Å²) in [6, 6.07) is 10.8. The minimum atomic E-state index is 0.254. The first-order valence-corrected chi connectivity index (χ1v) is 5.12. The molecular formula is C11H10BNO2S. The standard InChI is InChI=1S/C11H10BNO2S/c14-9-3-6-11(12-7-9)13-8-1-4-10(15-16)5-2-8/h1-7,13-14,16H. The molecule has 0 saturated heterocycles. The molecule has 16 heavy (non-hydrogen) atoms. The molecule has 0 aliphatic carbocycles. The van der Waals surface area contributed by atoms with E-state index >= 15 is 0 Å². The Bertz CT molecular complexity index is 458. The summed E-state index contributed by atoms with van der Waals surface area (Å²) < 4.78 is 4.77. The van der Waals surface area contributed by atoms with Gasteiger partial charge >= 0.3 is 99.6 Å². The van der Waals surface area contributed by atoms with E-state index in [0.29, 0.717) is 5.75 Å². The maximum absolute atomic E-state index is 9.14. The Morgan fingerprint density at radius 2 is 1.88 bits per heavy atom. The van der Waals surface area contributed by atoms with Crippen LogP contribution in [-0.2, 0) is 0 Å². The van der Waals surface area contributed by atoms with Crippen molar-refractivity contribution in [3.05, 3.63) is 42.4 Å². The van der Waals surface area contributed by atoms with E-state index in [4.69, 9.17) is 9.29 Å². The molecule has 2 aromatic rings. The first kappa shape index (κ1) is 10.9. The predicted molar refractivity (Wildman–Crippen MR) is 68.8 cm³/mol. The third-order valence-corrected chi connectivity index (χ3v) is 2.33. The van der Waals surface area contributed by atoms with Crippen molar-refractivity contribution in [2.24, 2.45) is 0 Å². The molecule has 0 bridgehead atoms. The van der Waals surface area contributed by atoms with Crippen LogP contribution in [0.2, 0.25) is 0 Å². The van der Waals surface area contributed by atoms with Crippen molar-refractivity contribution in [3.63, 3.8) is 0 Å². The second kappa shape index (κ2) is 4.94. The molecule has 0 saturated carbocycles. The number of rotatable bonds is 3. The molecule has 2 N–H and O–H groups in total. The second-order valence-corrected chi connectivity index (χ2v) is 3.47. The molecule has 0 aliphatic heterocycles. The Hall–Kier alpha value is -1.62. The average Bonchev–Trinajstić information content (AvgIpc) is 2.33. The van der Waals surface area contributed by atoms with Gasteiger partial charge in [0.2, 0.25) is 0 Å². The van der Waals surface area contributed by atoms with Crippen LogP contribution in [0.1, 0.15) is 0 Å². The maximum atomic E-state index is 9.14. The Kier molecular flexibility index (Phi) is 3.36. The molecule has 0 spiro atoms. The van der Waals surface area contributed by atoms with Gasteiger partial charge in [-0.2, -0.15) is 0 Å². The van der Waals surface area contributed by atoms with Crippen LogP contribution in [0.3, 0.4) is 0 Å². The van der Waals surface area contributed by atoms with E-state index in [0.717, 1.165) is 11.3 Å². The SMILES string of the molecule is Oc1cbc(Nc2ccc(OS)cc2)cc1. The third-order valence-electron chi connectivity index (χ3n) is 2.12. The molecule has 1 aromatic carbocycles. The zero-order chi connectivity index (χ0) is 11.4. The summed E-state index contributed by atoms with van der Waals surface area (Å²) in [5, 5.41) is 12.3. The van der Waals surface area contributed by atoms with Crippen molar-refractivity contribution in [1.29, 1.82) is 0 Å². The summed E-state index contributed by atoms with van der Waals surface area (Å²) in [6.45, 7) is 1.80. The number of hydrogen-bond donors (Lipinski definition) is 3. The van der Waals surface area contributed by atoms with Crippen LogP contribution in [0.4, 0.5) is 11.3 Å². The molecule has 0 radical (unpaired) electrons. The quantitative estimate of drug-likeness (QED) is 0.561. The molecule has 3 nitrogen and oxygen atoms in total. The zero-order valence-electron chi connectivity index (χ0n) is 8.42. The van der Waals surface area contributed by atoms with Gasteiger partial charge in [-0.1, -0.05) is 0 Å². The van der Waals surface area contributed by atoms with Crippen LogP contribution in [-0.4, -0.2) is 12.0 Å². The van der Waals surface area contributed by atoms with Crippen molar-refractivity contribution < 1.29 is 9.29 Å². The van der Waals surface area contributed by atoms with Crippen LogP contribution in [0.5, 0.6) is 11.5 Å². The molecule has 0 unspecified atom stereocenters. The van der Waals surface area contributed by atoms with Gasteiger partial charge in [0.25, 0.3) is 0 Å². The van der Waals surface area contributed by atoms with Crippen molar-refractivity contribution >= 4 is 31.1 Å². The Balaban J connectivity index is 2.11. The van der Waals surface area contributed by atoms with Gasteiger partial charge in [0.15, 0.2) is 0 Å². The first-order valence-electron chi connectivity index (χ1n) is 4.75. The summed E-state index contributed by atoms with van der Waals surface area (Å²) in [7, 11) is 0. The Labute approximate surface area is 99.9 Å². The van der Waals surface area contributed by atoms with Crippen molar-refractivity contribution in [1.82, 2.24) is 0 Å². The predicted octanol–water partition coefficient (Wildman–Crippen LogP) is 2.70. The van der Waals surface area contributed by atoms with Crippen molar-refractivity contribution in [2.75, 3.05) is 5.32 Å². The van der Waals surface area contributed by atoms with E-state index in [2.05, 4.69) is 18.2 Å². The number of hydrogen-bond acceptors (Lipinski definition) is 4. The molecule has 2 rings (SSSR count). The minimum absolute atomic E-state index is 0.254. The number of thiol groups is 1. The molecule has 0 fully saturated rings. The van der Waals surface area contributed by atoms with E-state index in [-0.39, 0.29) is 5.75 Å². The molecular weight excluding hydrogens is 221 g/mol. The number of anilines is 2. The van der Waals surface area contributed by atoms with Crippen LogP contribution in [0.25, 0.3) is 0 Å². The van der Waals surface area contributed by atoms with Crippen LogP contribution >= 0.6 is 12.9 Å². The van der Waals surface area contributed by atoms with E-state index in [9.17, 15) is 0 Å². The average molecular weight is 231 g/mol. The molecule has 80 valence electrons. The molecule has 0 aliphatic rings. The summed E-state index contributed by atoms with van der Waals surface area (Å²) in [4.78, 5) is 0. The van der Waals surface area contributed by atoms with E-state index in [1.54, 1.807) is 25.0 Å². The van der Waals surface area contributed by atoms with Gasteiger partial charge in [-0.3, -0.25) is 0 Å². The van der Waals surface area contributed by atoms with Crippen LogP contribution in [0.15, 0.2) is 42.4 Å². The van der Waals surface area contributed by atoms with Gasteiger partial charge in [0.05, 0.1) is 0 Å². The third kappa shape index (κ3) is 2.70. The summed E-state index contributed by atoms with van der Waals surface area (Å²) in [5.74, 6) is 2.58. The molecule has 0 atom stereocenters. The fourth-order valence-corrected chi connectivity index (χ4v) is 1.43. The van der Waals surface area contributed by atoms with E-state index in [1.165, 1.54) is 0 Å². The van der Waals surface area contributed by atoms with E-state index in [1.807, 2.05) is 24.3 Å². The molecule has 0 amide bonds. The Morgan fingerprint density at radius 1 is 1.12 bits per heavy atom. The van der Waals surface area contributed by atoms with Gasteiger partial charge in [-0.25, -0.2) is 0 Å². The number of aromatic hydroxyl groups is 1. The van der Waals surface area contributed by atoms with Crippen molar-refractivity contribution in [2.45, 2.75) is 0 Å². The molecule has 1 aromatic heterocycles. The first-order chi connectivity index (χ1) is 7.78. The van der Waals surface area contributed by atoms with Gasteiger partial charge in [0.1, 0.15) is 0 Å². The summed E-state index contributed by atoms with van der Waals surface area (Å²) in [6.07, 6.45) is 0. The van der Waals surface area contributed by atoms with Crippen LogP contribution in [0, 0.1) is 0 Å². The van der Waals surface area contributed by atoms with E-state index < -0.39 is 0 Å². The number of benzene rings is 1. The van der Waals surface area contributed by atoms with Gasteiger partial charge in [0, 0.05) is 0 Å². The summed E-state index contributed by atoms with van der Waals surface area (Å²) >= 11 is 3.71. The topological polar surface area (TPSA) is 41.5 Å². The molecule has 1 heterocycles. The Morgan fingerprint density at radius 3 is 2.44 bits per heavy atom. The normalized spacial score (nSPS) is 9.56. The van der Waals surface area contributed by atoms with Gasteiger partial charge in [-0.05, 0) is 0 Å². The summed E-state index contributed by atoms with van der Waals surface area (Å²) in [5.41, 5.74) is 1.86. The monoisotopic (exact) mass is 231 g/mol. The van der Waals surface area contributed by atoms with Crippen molar-refractivity contribution in [3.8, 4) is 11.5 Å². The van der Waals surface area contributed by atoms with Gasteiger partial charge in [-0.15, -0.1) is 0 Å². The fraction of sp³-hybridized carbons (Fsp3) is 0. The van der Waals surface area contributed by atoms with Gasteiger partial charge < -0.3 is 0 Å². The second-order valence-electron chi connectivity index (χ2n) is 3.29.